The van der Waals surface area contributed by atoms with E-state index in [1.165, 1.54) is 11.3 Å². The first-order chi connectivity index (χ1) is 17.5. The Bertz CT molecular complexity index is 1390. The SMILES string of the molecule is Cc1nc(Oc2ccc(NS(=O)C(C)C)c3ncccc23)c(-c2ccnc(NC3CCCNC3)n2)s1. The van der Waals surface area contributed by atoms with Crippen LogP contribution in [0.4, 0.5) is 11.6 Å². The van der Waals surface area contributed by atoms with Crippen molar-refractivity contribution in [1.82, 2.24) is 25.3 Å². The van der Waals surface area contributed by atoms with E-state index in [0.717, 1.165) is 46.9 Å². The molecule has 0 bridgehead atoms. The van der Waals surface area contributed by atoms with Gasteiger partial charge in [-0.2, -0.15) is 0 Å². The van der Waals surface area contributed by atoms with E-state index in [1.807, 2.05) is 51.1 Å². The number of aryl methyl sites for hydroxylation is 1. The van der Waals surface area contributed by atoms with Crippen molar-refractivity contribution in [3.63, 3.8) is 0 Å². The molecule has 2 atom stereocenters. The van der Waals surface area contributed by atoms with Crippen LogP contribution in [-0.4, -0.2) is 48.5 Å². The zero-order valence-electron chi connectivity index (χ0n) is 20.4. The van der Waals surface area contributed by atoms with E-state index in [-0.39, 0.29) is 5.25 Å². The number of benzene rings is 1. The zero-order chi connectivity index (χ0) is 25.1. The first kappa shape index (κ1) is 24.5. The van der Waals surface area contributed by atoms with Gasteiger partial charge < -0.3 is 20.1 Å². The molecule has 0 radical (unpaired) electrons. The van der Waals surface area contributed by atoms with E-state index in [2.05, 4.69) is 30.3 Å². The summed E-state index contributed by atoms with van der Waals surface area (Å²) in [7, 11) is -1.22. The number of thiazole rings is 1. The number of fused-ring (bicyclic) bond motifs is 1. The van der Waals surface area contributed by atoms with Gasteiger partial charge in [-0.3, -0.25) is 4.98 Å². The summed E-state index contributed by atoms with van der Waals surface area (Å²) in [6, 6.07) is 9.67. The molecule has 1 aromatic carbocycles. The Hall–Kier alpha value is -3.15. The molecule has 4 aromatic rings. The Kier molecular flexibility index (Phi) is 7.40. The van der Waals surface area contributed by atoms with Crippen molar-refractivity contribution in [3.05, 3.63) is 47.7 Å². The fourth-order valence-corrected chi connectivity index (χ4v) is 5.43. The van der Waals surface area contributed by atoms with Crippen molar-refractivity contribution in [2.45, 2.75) is 44.9 Å². The van der Waals surface area contributed by atoms with Gasteiger partial charge in [0, 0.05) is 35.6 Å². The van der Waals surface area contributed by atoms with E-state index >= 15 is 0 Å². The van der Waals surface area contributed by atoms with E-state index < -0.39 is 11.0 Å². The number of hydrogen-bond acceptors (Lipinski definition) is 9. The average Bonchev–Trinajstić information content (AvgIpc) is 3.26. The second-order valence-electron chi connectivity index (χ2n) is 8.88. The number of hydrogen-bond donors (Lipinski definition) is 3. The lowest BCUT2D eigenvalue weighted by molar-refractivity contribution is 0.472. The van der Waals surface area contributed by atoms with Crippen molar-refractivity contribution >= 4 is 44.9 Å². The minimum Gasteiger partial charge on any atom is -0.437 e. The number of nitrogens with zero attached hydrogens (tertiary/aromatic N) is 4. The van der Waals surface area contributed by atoms with Crippen LogP contribution >= 0.6 is 11.3 Å². The third-order valence-corrected chi connectivity index (χ3v) is 8.05. The molecule has 3 N–H and O–H groups in total. The Morgan fingerprint density at radius 1 is 1.17 bits per heavy atom. The fraction of sp³-hybridized carbons (Fsp3) is 0.360. The lowest BCUT2D eigenvalue weighted by Crippen LogP contribution is -2.38. The minimum atomic E-state index is -1.22. The summed E-state index contributed by atoms with van der Waals surface area (Å²) in [6.45, 7) is 7.71. The van der Waals surface area contributed by atoms with Crippen molar-refractivity contribution in [2.75, 3.05) is 23.1 Å². The van der Waals surface area contributed by atoms with Gasteiger partial charge in [0.05, 0.1) is 21.9 Å². The Morgan fingerprint density at radius 2 is 2.06 bits per heavy atom. The number of aromatic nitrogens is 4. The molecule has 0 aliphatic carbocycles. The van der Waals surface area contributed by atoms with E-state index in [4.69, 9.17) is 9.72 Å². The summed E-state index contributed by atoms with van der Waals surface area (Å²) in [4.78, 5) is 19.2. The van der Waals surface area contributed by atoms with E-state index in [1.54, 1.807) is 12.4 Å². The molecule has 5 rings (SSSR count). The van der Waals surface area contributed by atoms with Gasteiger partial charge in [0.25, 0.3) is 0 Å². The Balaban J connectivity index is 1.45. The predicted molar refractivity (Wildman–Crippen MR) is 146 cm³/mol. The van der Waals surface area contributed by atoms with Gasteiger partial charge >= 0.3 is 0 Å². The molecule has 1 aliphatic rings. The largest absolute Gasteiger partial charge is 0.437 e. The second-order valence-corrected chi connectivity index (χ2v) is 11.8. The zero-order valence-corrected chi connectivity index (χ0v) is 22.1. The smallest absolute Gasteiger partial charge is 0.240 e. The molecule has 188 valence electrons. The van der Waals surface area contributed by atoms with Crippen molar-refractivity contribution in [2.24, 2.45) is 0 Å². The van der Waals surface area contributed by atoms with Gasteiger partial charge in [-0.15, -0.1) is 11.3 Å². The third-order valence-electron chi connectivity index (χ3n) is 5.80. The average molecular weight is 524 g/mol. The highest BCUT2D eigenvalue weighted by atomic mass is 32.2. The standard InChI is InChI=1S/C25H29N7O2S2/c1-15(2)36(33)32-19-8-9-21(18-7-5-12-27-22(18)19)34-24-23(35-16(3)29-24)20-10-13-28-25(31-20)30-17-6-4-11-26-14-17/h5,7-10,12-13,15,17,26,32H,4,6,11,14H2,1-3H3,(H,28,30,31). The van der Waals surface area contributed by atoms with E-state index in [9.17, 15) is 4.21 Å². The maximum absolute atomic E-state index is 12.4. The van der Waals surface area contributed by atoms with Crippen molar-refractivity contribution in [3.8, 4) is 22.2 Å². The lowest BCUT2D eigenvalue weighted by atomic mass is 10.1. The third kappa shape index (κ3) is 5.48. The molecule has 1 saturated heterocycles. The maximum atomic E-state index is 12.4. The number of pyridine rings is 1. The molecule has 1 aliphatic heterocycles. The van der Waals surface area contributed by atoms with Gasteiger partial charge in [-0.05, 0) is 70.5 Å². The topological polar surface area (TPSA) is 114 Å². The normalized spacial score (nSPS) is 16.7. The van der Waals surface area contributed by atoms with Crippen LogP contribution in [0.5, 0.6) is 11.6 Å². The summed E-state index contributed by atoms with van der Waals surface area (Å²) in [5.74, 6) is 1.70. The quantitative estimate of drug-likeness (QED) is 0.299. The molecule has 1 fully saturated rings. The molecule has 36 heavy (non-hydrogen) atoms. The first-order valence-corrected chi connectivity index (χ1v) is 14.0. The van der Waals surface area contributed by atoms with Crippen LogP contribution in [0.1, 0.15) is 31.7 Å². The fourth-order valence-electron chi connectivity index (χ4n) is 4.00. The van der Waals surface area contributed by atoms with Crippen LogP contribution in [0.2, 0.25) is 0 Å². The van der Waals surface area contributed by atoms with Crippen LogP contribution in [0.3, 0.4) is 0 Å². The molecule has 0 amide bonds. The molecule has 11 heteroatoms. The summed E-state index contributed by atoms with van der Waals surface area (Å²) >= 11 is 1.53. The van der Waals surface area contributed by atoms with Gasteiger partial charge in [0.1, 0.15) is 21.6 Å². The van der Waals surface area contributed by atoms with Crippen LogP contribution in [0, 0.1) is 6.92 Å². The Morgan fingerprint density at radius 3 is 2.86 bits per heavy atom. The maximum Gasteiger partial charge on any atom is 0.240 e. The predicted octanol–water partition coefficient (Wildman–Crippen LogP) is 4.90. The number of ether oxygens (including phenoxy) is 1. The van der Waals surface area contributed by atoms with Crippen molar-refractivity contribution in [1.29, 1.82) is 0 Å². The Labute approximate surface area is 216 Å². The molecule has 3 aromatic heterocycles. The highest BCUT2D eigenvalue weighted by molar-refractivity contribution is 7.86. The van der Waals surface area contributed by atoms with Crippen LogP contribution in [-0.2, 0) is 11.0 Å². The van der Waals surface area contributed by atoms with Gasteiger partial charge in [0.2, 0.25) is 11.8 Å². The molecule has 4 heterocycles. The molecule has 0 saturated carbocycles. The first-order valence-electron chi connectivity index (χ1n) is 12.0. The highest BCUT2D eigenvalue weighted by Gasteiger charge is 2.19. The summed E-state index contributed by atoms with van der Waals surface area (Å²) in [5, 5.41) is 8.49. The molecular formula is C25H29N7O2S2. The monoisotopic (exact) mass is 523 g/mol. The number of anilines is 2. The molecule has 2 unspecified atom stereocenters. The molecule has 9 nitrogen and oxygen atoms in total. The van der Waals surface area contributed by atoms with Crippen LogP contribution < -0.4 is 20.1 Å². The second kappa shape index (κ2) is 10.9. The summed E-state index contributed by atoms with van der Waals surface area (Å²) < 4.78 is 21.8. The molecule has 0 spiro atoms. The van der Waals surface area contributed by atoms with Gasteiger partial charge in [0.15, 0.2) is 0 Å². The van der Waals surface area contributed by atoms with E-state index in [0.29, 0.717) is 34.8 Å². The summed E-state index contributed by atoms with van der Waals surface area (Å²) in [6.07, 6.45) is 5.69. The number of nitrogens with one attached hydrogen (secondary N) is 3. The number of rotatable bonds is 8. The van der Waals surface area contributed by atoms with Crippen molar-refractivity contribution < 1.29 is 8.95 Å². The van der Waals surface area contributed by atoms with Crippen LogP contribution in [0.15, 0.2) is 42.7 Å². The lowest BCUT2D eigenvalue weighted by Gasteiger charge is -2.23. The highest BCUT2D eigenvalue weighted by Crippen LogP contribution is 2.40. The number of piperidine rings is 1. The molecular weight excluding hydrogens is 494 g/mol. The summed E-state index contributed by atoms with van der Waals surface area (Å²) in [5.41, 5.74) is 2.14. The minimum absolute atomic E-state index is 0.0261. The van der Waals surface area contributed by atoms with Gasteiger partial charge in [-0.25, -0.2) is 19.2 Å². The van der Waals surface area contributed by atoms with Gasteiger partial charge in [-0.1, -0.05) is 0 Å². The van der Waals surface area contributed by atoms with Crippen LogP contribution in [0.25, 0.3) is 21.5 Å².